The monoisotopic (exact) mass is 289 g/mol. The molecule has 2 aromatic carbocycles. The normalized spacial score (nSPS) is 9.76. The van der Waals surface area contributed by atoms with Crippen molar-refractivity contribution in [1.29, 1.82) is 0 Å². The van der Waals surface area contributed by atoms with Gasteiger partial charge in [-0.05, 0) is 48.5 Å². The number of amides is 3. The molecule has 0 radical (unpaired) electrons. The van der Waals surface area contributed by atoms with Crippen LogP contribution in [0.5, 0.6) is 5.75 Å². The predicted octanol–water partition coefficient (Wildman–Crippen LogP) is 2.00. The molecule has 0 spiro atoms. The number of phenols is 1. The molecule has 6 nitrogen and oxygen atoms in total. The summed E-state index contributed by atoms with van der Waals surface area (Å²) in [6.45, 7) is 0. The van der Waals surface area contributed by atoms with Gasteiger partial charge in [0, 0.05) is 11.3 Å². The van der Waals surface area contributed by atoms with Crippen LogP contribution >= 0.6 is 0 Å². The highest BCUT2D eigenvalue weighted by atomic mass is 19.1. The molecule has 4 N–H and O–H groups in total. The van der Waals surface area contributed by atoms with E-state index in [1.165, 1.54) is 48.5 Å². The van der Waals surface area contributed by atoms with E-state index in [0.29, 0.717) is 5.69 Å². The second-order valence-electron chi connectivity index (χ2n) is 4.09. The Bertz CT molecular complexity index is 642. The van der Waals surface area contributed by atoms with E-state index in [4.69, 9.17) is 5.11 Å². The van der Waals surface area contributed by atoms with Gasteiger partial charge in [-0.25, -0.2) is 14.6 Å². The molecule has 7 heteroatoms. The first kappa shape index (κ1) is 14.3. The summed E-state index contributed by atoms with van der Waals surface area (Å²) in [5.41, 5.74) is 5.00. The minimum Gasteiger partial charge on any atom is -0.508 e. The maximum absolute atomic E-state index is 12.7. The van der Waals surface area contributed by atoms with Crippen molar-refractivity contribution in [3.63, 3.8) is 0 Å². The Morgan fingerprint density at radius 3 is 2.14 bits per heavy atom. The van der Waals surface area contributed by atoms with E-state index >= 15 is 0 Å². The van der Waals surface area contributed by atoms with Crippen LogP contribution in [0.25, 0.3) is 0 Å². The van der Waals surface area contributed by atoms with Crippen molar-refractivity contribution >= 4 is 17.6 Å². The molecule has 0 atom stereocenters. The number of rotatable bonds is 2. The van der Waals surface area contributed by atoms with Gasteiger partial charge < -0.3 is 10.4 Å². The number of urea groups is 1. The molecule has 0 aliphatic carbocycles. The number of phenolic OH excluding ortho intramolecular Hbond substituents is 1. The van der Waals surface area contributed by atoms with E-state index in [2.05, 4.69) is 16.2 Å². The molecule has 2 rings (SSSR count). The number of benzene rings is 2. The van der Waals surface area contributed by atoms with Gasteiger partial charge in [-0.3, -0.25) is 10.2 Å². The highest BCUT2D eigenvalue weighted by molar-refractivity contribution is 5.97. The van der Waals surface area contributed by atoms with Crippen molar-refractivity contribution < 1.29 is 19.1 Å². The van der Waals surface area contributed by atoms with Crippen LogP contribution in [0, 0.1) is 5.82 Å². The summed E-state index contributed by atoms with van der Waals surface area (Å²) in [6.07, 6.45) is 0. The number of anilines is 1. The number of carbonyl (C=O) groups excluding carboxylic acids is 2. The molecule has 0 fully saturated rings. The van der Waals surface area contributed by atoms with Crippen LogP contribution in [0.3, 0.4) is 0 Å². The van der Waals surface area contributed by atoms with Crippen LogP contribution in [-0.2, 0) is 0 Å². The third kappa shape index (κ3) is 4.20. The lowest BCUT2D eigenvalue weighted by atomic mass is 10.2. The van der Waals surface area contributed by atoms with Crippen LogP contribution in [-0.4, -0.2) is 17.0 Å². The zero-order valence-corrected chi connectivity index (χ0v) is 10.8. The molecule has 0 bridgehead atoms. The molecule has 0 heterocycles. The van der Waals surface area contributed by atoms with Crippen LogP contribution in [0.2, 0.25) is 0 Å². The first-order chi connectivity index (χ1) is 10.0. The molecule has 0 saturated heterocycles. The number of hydrogen-bond donors (Lipinski definition) is 4. The van der Waals surface area contributed by atoms with Crippen LogP contribution in [0.1, 0.15) is 10.4 Å². The lowest BCUT2D eigenvalue weighted by Gasteiger charge is -2.09. The third-order valence-corrected chi connectivity index (χ3v) is 2.52. The first-order valence-corrected chi connectivity index (χ1v) is 5.96. The van der Waals surface area contributed by atoms with Crippen molar-refractivity contribution in [1.82, 2.24) is 10.9 Å². The van der Waals surface area contributed by atoms with Crippen molar-refractivity contribution in [2.24, 2.45) is 0 Å². The van der Waals surface area contributed by atoms with Crippen LogP contribution < -0.4 is 16.2 Å². The fraction of sp³-hybridized carbons (Fsp3) is 0. The summed E-state index contributed by atoms with van der Waals surface area (Å²) >= 11 is 0. The van der Waals surface area contributed by atoms with Crippen molar-refractivity contribution in [3.8, 4) is 5.75 Å². The predicted molar refractivity (Wildman–Crippen MR) is 74.1 cm³/mol. The van der Waals surface area contributed by atoms with Crippen molar-refractivity contribution in [3.05, 3.63) is 59.9 Å². The molecule has 21 heavy (non-hydrogen) atoms. The van der Waals surface area contributed by atoms with Gasteiger partial charge >= 0.3 is 6.03 Å². The molecular weight excluding hydrogens is 277 g/mol. The molecular formula is C14H12FN3O3. The fourth-order valence-electron chi connectivity index (χ4n) is 1.49. The zero-order valence-electron chi connectivity index (χ0n) is 10.8. The van der Waals surface area contributed by atoms with Crippen LogP contribution in [0.4, 0.5) is 14.9 Å². The first-order valence-electron chi connectivity index (χ1n) is 5.96. The van der Waals surface area contributed by atoms with Crippen molar-refractivity contribution in [2.45, 2.75) is 0 Å². The Morgan fingerprint density at radius 1 is 0.905 bits per heavy atom. The molecule has 0 aromatic heterocycles. The minimum atomic E-state index is -0.672. The Hall–Kier alpha value is -3.09. The van der Waals surface area contributed by atoms with Gasteiger partial charge in [-0.2, -0.15) is 0 Å². The second kappa shape index (κ2) is 6.38. The highest BCUT2D eigenvalue weighted by Crippen LogP contribution is 2.09. The van der Waals surface area contributed by atoms with Gasteiger partial charge in [-0.15, -0.1) is 0 Å². The average molecular weight is 289 g/mol. The third-order valence-electron chi connectivity index (χ3n) is 2.52. The van der Waals surface area contributed by atoms with Gasteiger partial charge in [0.2, 0.25) is 0 Å². The van der Waals surface area contributed by atoms with E-state index in [0.717, 1.165) is 0 Å². The average Bonchev–Trinajstić information content (AvgIpc) is 2.48. The Kier molecular flexibility index (Phi) is 4.35. The topological polar surface area (TPSA) is 90.5 Å². The van der Waals surface area contributed by atoms with Gasteiger partial charge in [0.05, 0.1) is 0 Å². The summed E-state index contributed by atoms with van der Waals surface area (Å²) in [4.78, 5) is 23.2. The van der Waals surface area contributed by atoms with E-state index in [9.17, 15) is 14.0 Å². The quantitative estimate of drug-likeness (QED) is 0.637. The molecule has 0 aliphatic rings. The summed E-state index contributed by atoms with van der Waals surface area (Å²) in [7, 11) is 0. The molecule has 108 valence electrons. The lowest BCUT2D eigenvalue weighted by molar-refractivity contribution is 0.0938. The summed E-state index contributed by atoms with van der Waals surface area (Å²) in [6, 6.07) is 10.0. The largest absolute Gasteiger partial charge is 0.508 e. The van der Waals surface area contributed by atoms with Gasteiger partial charge in [-0.1, -0.05) is 0 Å². The number of hydrazine groups is 1. The standard InChI is InChI=1S/C14H12FN3O3/c15-10-3-5-11(6-4-10)16-14(21)18-17-13(20)9-1-7-12(19)8-2-9/h1-8,19H,(H,17,20)(H2,16,18,21). The van der Waals surface area contributed by atoms with Crippen LogP contribution in [0.15, 0.2) is 48.5 Å². The van der Waals surface area contributed by atoms with Gasteiger partial charge in [0.15, 0.2) is 0 Å². The number of nitrogens with one attached hydrogen (secondary N) is 3. The number of hydrogen-bond acceptors (Lipinski definition) is 3. The summed E-state index contributed by atoms with van der Waals surface area (Å²) in [5, 5.41) is 11.5. The number of aromatic hydroxyl groups is 1. The van der Waals surface area contributed by atoms with E-state index in [-0.39, 0.29) is 11.3 Å². The maximum Gasteiger partial charge on any atom is 0.337 e. The van der Waals surface area contributed by atoms with E-state index in [1.54, 1.807) is 0 Å². The highest BCUT2D eigenvalue weighted by Gasteiger charge is 2.07. The van der Waals surface area contributed by atoms with Gasteiger partial charge in [0.1, 0.15) is 11.6 Å². The molecule has 0 saturated carbocycles. The smallest absolute Gasteiger partial charge is 0.337 e. The Balaban J connectivity index is 1.84. The Labute approximate surface area is 119 Å². The molecule has 0 aliphatic heterocycles. The number of halogens is 1. The minimum absolute atomic E-state index is 0.0357. The fourth-order valence-corrected chi connectivity index (χ4v) is 1.49. The van der Waals surface area contributed by atoms with E-state index in [1.807, 2.05) is 0 Å². The zero-order chi connectivity index (χ0) is 15.2. The number of carbonyl (C=O) groups is 2. The second-order valence-corrected chi connectivity index (χ2v) is 4.09. The van der Waals surface area contributed by atoms with E-state index < -0.39 is 17.8 Å². The summed E-state index contributed by atoms with van der Waals surface area (Å²) < 4.78 is 12.7. The summed E-state index contributed by atoms with van der Waals surface area (Å²) in [5.74, 6) is -0.917. The lowest BCUT2D eigenvalue weighted by Crippen LogP contribution is -2.43. The molecule has 2 aromatic rings. The van der Waals surface area contributed by atoms with Gasteiger partial charge in [0.25, 0.3) is 5.91 Å². The maximum atomic E-state index is 12.7. The van der Waals surface area contributed by atoms with Crippen molar-refractivity contribution in [2.75, 3.05) is 5.32 Å². The Morgan fingerprint density at radius 2 is 1.52 bits per heavy atom. The molecule has 0 unspecified atom stereocenters. The SMILES string of the molecule is O=C(NNC(=O)c1ccc(O)cc1)Nc1ccc(F)cc1. The molecule has 3 amide bonds.